The summed E-state index contributed by atoms with van der Waals surface area (Å²) >= 11 is 0. The van der Waals surface area contributed by atoms with E-state index in [0.29, 0.717) is 18.5 Å². The number of hydrogen-bond acceptors (Lipinski definition) is 3. The van der Waals surface area contributed by atoms with Crippen LogP contribution in [0, 0.1) is 0 Å². The van der Waals surface area contributed by atoms with Crippen LogP contribution in [-0.4, -0.2) is 17.7 Å². The second-order valence-corrected chi connectivity index (χ2v) is 2.42. The van der Waals surface area contributed by atoms with Crippen LogP contribution in [0.25, 0.3) is 0 Å². The number of nitrogens with two attached hydrogens (primary N) is 1. The molecule has 0 radical (unpaired) electrons. The monoisotopic (exact) mass is 168 g/mol. The zero-order valence-electron chi connectivity index (χ0n) is 7.49. The minimum atomic E-state index is 0.483. The molecule has 0 saturated carbocycles. The van der Waals surface area contributed by atoms with Gasteiger partial charge in [0.05, 0.1) is 0 Å². The van der Waals surface area contributed by atoms with Crippen molar-refractivity contribution in [3.8, 4) is 0 Å². The van der Waals surface area contributed by atoms with E-state index >= 15 is 0 Å². The van der Waals surface area contributed by atoms with E-state index in [1.54, 1.807) is 12.4 Å². The molecule has 0 amide bonds. The molecular formula is C9H16N2O. The van der Waals surface area contributed by atoms with E-state index in [9.17, 15) is 4.79 Å². The number of carbonyl (C=O) groups excluding carboxylic acids is 1. The molecule has 0 bridgehead atoms. The summed E-state index contributed by atoms with van der Waals surface area (Å²) in [4.78, 5) is 11.9. The van der Waals surface area contributed by atoms with E-state index < -0.39 is 0 Å². The Bertz CT molecular complexity index is 175. The molecule has 0 rings (SSSR count). The summed E-state index contributed by atoms with van der Waals surface area (Å²) in [5.74, 6) is 0. The molecule has 0 atom stereocenters. The van der Waals surface area contributed by atoms with Crippen molar-refractivity contribution < 1.29 is 4.79 Å². The predicted molar refractivity (Wildman–Crippen MR) is 50.1 cm³/mol. The SMILES string of the molecule is C=CN(/C=C(\N)CCC=O)CC. The lowest BCUT2D eigenvalue weighted by Crippen LogP contribution is -2.11. The minimum absolute atomic E-state index is 0.483. The van der Waals surface area contributed by atoms with Crippen LogP contribution in [0.4, 0.5) is 0 Å². The Morgan fingerprint density at radius 1 is 1.67 bits per heavy atom. The zero-order valence-corrected chi connectivity index (χ0v) is 7.49. The second kappa shape index (κ2) is 6.46. The van der Waals surface area contributed by atoms with Gasteiger partial charge in [-0.15, -0.1) is 0 Å². The Balaban J connectivity index is 3.93. The second-order valence-electron chi connectivity index (χ2n) is 2.42. The predicted octanol–water partition coefficient (Wildman–Crippen LogP) is 1.23. The van der Waals surface area contributed by atoms with Crippen molar-refractivity contribution in [2.75, 3.05) is 6.54 Å². The molecule has 3 nitrogen and oxygen atoms in total. The van der Waals surface area contributed by atoms with E-state index in [2.05, 4.69) is 6.58 Å². The van der Waals surface area contributed by atoms with Gasteiger partial charge in [-0.1, -0.05) is 6.58 Å². The third-order valence-electron chi connectivity index (χ3n) is 1.48. The quantitative estimate of drug-likeness (QED) is 0.607. The topological polar surface area (TPSA) is 46.3 Å². The fourth-order valence-corrected chi connectivity index (χ4v) is 0.776. The molecule has 0 aliphatic rings. The highest BCUT2D eigenvalue weighted by Gasteiger charge is 1.93. The molecule has 0 aromatic rings. The molecule has 0 aromatic carbocycles. The van der Waals surface area contributed by atoms with Crippen molar-refractivity contribution in [2.24, 2.45) is 5.73 Å². The van der Waals surface area contributed by atoms with Crippen molar-refractivity contribution in [3.05, 3.63) is 24.7 Å². The fraction of sp³-hybridized carbons (Fsp3) is 0.444. The van der Waals surface area contributed by atoms with Gasteiger partial charge < -0.3 is 15.4 Å². The Labute approximate surface area is 73.5 Å². The molecule has 0 fully saturated rings. The summed E-state index contributed by atoms with van der Waals surface area (Å²) < 4.78 is 0. The summed E-state index contributed by atoms with van der Waals surface area (Å²) in [6.07, 6.45) is 5.47. The largest absolute Gasteiger partial charge is 0.401 e. The first-order valence-corrected chi connectivity index (χ1v) is 4.02. The first-order chi connectivity index (χ1) is 5.74. The van der Waals surface area contributed by atoms with Crippen LogP contribution < -0.4 is 5.73 Å². The third kappa shape index (κ3) is 4.55. The Hall–Kier alpha value is -1.25. The van der Waals surface area contributed by atoms with Gasteiger partial charge in [-0.05, 0) is 19.5 Å². The normalized spacial score (nSPS) is 10.9. The molecule has 0 spiro atoms. The molecule has 0 aromatic heterocycles. The lowest BCUT2D eigenvalue weighted by Gasteiger charge is -2.12. The zero-order chi connectivity index (χ0) is 9.40. The summed E-state index contributed by atoms with van der Waals surface area (Å²) in [7, 11) is 0. The standard InChI is InChI=1S/C9H16N2O/c1-3-11(4-2)8-9(10)6-5-7-12/h3,7-8H,1,4-6,10H2,2H3/b9-8-. The minimum Gasteiger partial charge on any atom is -0.401 e. The summed E-state index contributed by atoms with van der Waals surface area (Å²) in [6, 6.07) is 0. The highest BCUT2D eigenvalue weighted by atomic mass is 16.1. The average Bonchev–Trinajstić information content (AvgIpc) is 2.10. The van der Waals surface area contributed by atoms with Crippen molar-refractivity contribution in [2.45, 2.75) is 19.8 Å². The van der Waals surface area contributed by atoms with Gasteiger partial charge in [0, 0.05) is 24.9 Å². The molecule has 2 N–H and O–H groups in total. The fourth-order valence-electron chi connectivity index (χ4n) is 0.776. The van der Waals surface area contributed by atoms with Gasteiger partial charge in [-0.3, -0.25) is 0 Å². The van der Waals surface area contributed by atoms with Crippen molar-refractivity contribution in [3.63, 3.8) is 0 Å². The first-order valence-electron chi connectivity index (χ1n) is 4.02. The van der Waals surface area contributed by atoms with Crippen LogP contribution in [0.3, 0.4) is 0 Å². The first kappa shape index (κ1) is 10.8. The van der Waals surface area contributed by atoms with Gasteiger partial charge in [0.15, 0.2) is 0 Å². The molecule has 3 heteroatoms. The van der Waals surface area contributed by atoms with Gasteiger partial charge in [0.25, 0.3) is 0 Å². The number of hydrogen-bond donors (Lipinski definition) is 1. The molecule has 68 valence electrons. The van der Waals surface area contributed by atoms with Crippen molar-refractivity contribution >= 4 is 6.29 Å². The van der Waals surface area contributed by atoms with Crippen LogP contribution in [0.15, 0.2) is 24.7 Å². The highest BCUT2D eigenvalue weighted by Crippen LogP contribution is 1.99. The van der Waals surface area contributed by atoms with Crippen molar-refractivity contribution in [1.29, 1.82) is 0 Å². The van der Waals surface area contributed by atoms with Gasteiger partial charge in [0.1, 0.15) is 6.29 Å². The van der Waals surface area contributed by atoms with E-state index in [0.717, 1.165) is 12.8 Å². The van der Waals surface area contributed by atoms with Gasteiger partial charge in [-0.2, -0.15) is 0 Å². The van der Waals surface area contributed by atoms with Gasteiger partial charge in [0.2, 0.25) is 0 Å². The maximum absolute atomic E-state index is 10.0. The van der Waals surface area contributed by atoms with E-state index in [4.69, 9.17) is 5.73 Å². The van der Waals surface area contributed by atoms with Crippen LogP contribution in [0.5, 0.6) is 0 Å². The molecule has 0 aliphatic carbocycles. The lowest BCUT2D eigenvalue weighted by molar-refractivity contribution is -0.107. The number of carbonyl (C=O) groups is 1. The number of aldehydes is 1. The van der Waals surface area contributed by atoms with Gasteiger partial charge in [-0.25, -0.2) is 0 Å². The van der Waals surface area contributed by atoms with E-state index in [1.165, 1.54) is 0 Å². The molecule has 0 unspecified atom stereocenters. The molecule has 0 heterocycles. The van der Waals surface area contributed by atoms with Crippen LogP contribution in [0.1, 0.15) is 19.8 Å². The van der Waals surface area contributed by atoms with E-state index in [1.807, 2.05) is 11.8 Å². The average molecular weight is 168 g/mol. The Morgan fingerprint density at radius 3 is 2.75 bits per heavy atom. The van der Waals surface area contributed by atoms with Crippen molar-refractivity contribution in [1.82, 2.24) is 4.90 Å². The number of allylic oxidation sites excluding steroid dienone is 1. The lowest BCUT2D eigenvalue weighted by atomic mass is 10.3. The summed E-state index contributed by atoms with van der Waals surface area (Å²) in [5.41, 5.74) is 6.34. The van der Waals surface area contributed by atoms with E-state index in [-0.39, 0.29) is 0 Å². The van der Waals surface area contributed by atoms with Crippen LogP contribution in [0.2, 0.25) is 0 Å². The molecule has 0 saturated heterocycles. The molecule has 12 heavy (non-hydrogen) atoms. The third-order valence-corrected chi connectivity index (χ3v) is 1.48. The van der Waals surface area contributed by atoms with Gasteiger partial charge >= 0.3 is 0 Å². The molecular weight excluding hydrogens is 152 g/mol. The number of rotatable bonds is 6. The molecule has 0 aliphatic heterocycles. The smallest absolute Gasteiger partial charge is 0.120 e. The Kier molecular flexibility index (Phi) is 5.79. The maximum Gasteiger partial charge on any atom is 0.120 e. The highest BCUT2D eigenvalue weighted by molar-refractivity contribution is 5.49. The van der Waals surface area contributed by atoms with Crippen LogP contribution in [-0.2, 0) is 4.79 Å². The summed E-state index contributed by atoms with van der Waals surface area (Å²) in [6.45, 7) is 6.47. The summed E-state index contributed by atoms with van der Waals surface area (Å²) in [5, 5.41) is 0. The number of nitrogens with zero attached hydrogens (tertiary/aromatic N) is 1. The van der Waals surface area contributed by atoms with Crippen LogP contribution >= 0.6 is 0 Å². The maximum atomic E-state index is 10.0. The Morgan fingerprint density at radius 2 is 2.33 bits per heavy atom.